The molecule has 1 aliphatic heterocycles. The molecule has 0 aliphatic carbocycles. The third-order valence-corrected chi connectivity index (χ3v) is 5.99. The topological polar surface area (TPSA) is 58.6 Å². The van der Waals surface area contributed by atoms with E-state index >= 15 is 0 Å². The summed E-state index contributed by atoms with van der Waals surface area (Å²) in [6, 6.07) is 27.0. The molecule has 5 heteroatoms. The van der Waals surface area contributed by atoms with Crippen LogP contribution in [0.5, 0.6) is 5.75 Å². The normalized spacial score (nSPS) is 14.2. The highest BCUT2D eigenvalue weighted by Gasteiger charge is 2.29. The maximum atomic E-state index is 13.3. The lowest BCUT2D eigenvalue weighted by molar-refractivity contribution is -0.122. The van der Waals surface area contributed by atoms with E-state index in [-0.39, 0.29) is 23.8 Å². The summed E-state index contributed by atoms with van der Waals surface area (Å²) in [6.07, 6.45) is 1.45. The third kappa shape index (κ3) is 4.83. The van der Waals surface area contributed by atoms with Gasteiger partial charge in [0.2, 0.25) is 5.91 Å². The van der Waals surface area contributed by atoms with Crippen molar-refractivity contribution in [2.45, 2.75) is 24.8 Å². The number of methoxy groups -OCH3 is 1. The van der Waals surface area contributed by atoms with Crippen LogP contribution in [-0.4, -0.2) is 43.0 Å². The van der Waals surface area contributed by atoms with Gasteiger partial charge in [-0.1, -0.05) is 72.8 Å². The van der Waals surface area contributed by atoms with Gasteiger partial charge in [0.1, 0.15) is 5.75 Å². The molecule has 5 nitrogen and oxygen atoms in total. The van der Waals surface area contributed by atoms with Crippen molar-refractivity contribution in [3.63, 3.8) is 0 Å². The fourth-order valence-electron chi connectivity index (χ4n) is 4.29. The molecule has 32 heavy (non-hydrogen) atoms. The molecule has 1 fully saturated rings. The molecule has 3 aromatic rings. The Balaban J connectivity index is 1.42. The summed E-state index contributed by atoms with van der Waals surface area (Å²) >= 11 is 0. The number of benzene rings is 3. The van der Waals surface area contributed by atoms with Crippen molar-refractivity contribution in [2.24, 2.45) is 0 Å². The van der Waals surface area contributed by atoms with Gasteiger partial charge in [-0.2, -0.15) is 0 Å². The first-order chi connectivity index (χ1) is 15.7. The molecule has 1 saturated heterocycles. The van der Waals surface area contributed by atoms with Crippen molar-refractivity contribution in [2.75, 3.05) is 20.2 Å². The van der Waals surface area contributed by atoms with Crippen molar-refractivity contribution in [1.29, 1.82) is 0 Å². The fraction of sp³-hybridized carbons (Fsp3) is 0.259. The van der Waals surface area contributed by atoms with E-state index in [0.717, 1.165) is 24.0 Å². The summed E-state index contributed by atoms with van der Waals surface area (Å²) in [5.74, 6) is 0.197. The van der Waals surface area contributed by atoms with Crippen LogP contribution in [0.1, 0.15) is 40.2 Å². The Morgan fingerprint density at radius 1 is 0.844 bits per heavy atom. The molecule has 4 rings (SSSR count). The monoisotopic (exact) mass is 428 g/mol. The average molecular weight is 429 g/mol. The van der Waals surface area contributed by atoms with E-state index in [1.54, 1.807) is 19.2 Å². The molecule has 2 amide bonds. The van der Waals surface area contributed by atoms with Gasteiger partial charge in [0.05, 0.1) is 18.6 Å². The predicted octanol–water partition coefficient (Wildman–Crippen LogP) is 4.25. The molecule has 0 saturated carbocycles. The summed E-state index contributed by atoms with van der Waals surface area (Å²) in [6.45, 7) is 1.20. The second-order valence-corrected chi connectivity index (χ2v) is 8.03. The number of likely N-dealkylation sites (tertiary alicyclic amines) is 1. The Labute approximate surface area is 189 Å². The van der Waals surface area contributed by atoms with E-state index in [1.807, 2.05) is 77.7 Å². The number of hydrogen-bond donors (Lipinski definition) is 1. The molecule has 0 atom stereocenters. The Morgan fingerprint density at radius 2 is 1.38 bits per heavy atom. The lowest BCUT2D eigenvalue weighted by Gasteiger charge is -2.33. The highest BCUT2D eigenvalue weighted by Crippen LogP contribution is 2.26. The van der Waals surface area contributed by atoms with Crippen molar-refractivity contribution in [3.8, 4) is 5.75 Å². The van der Waals surface area contributed by atoms with E-state index in [2.05, 4.69) is 5.32 Å². The number of hydrogen-bond acceptors (Lipinski definition) is 3. The van der Waals surface area contributed by atoms with E-state index in [9.17, 15) is 9.59 Å². The summed E-state index contributed by atoms with van der Waals surface area (Å²) in [7, 11) is 1.57. The third-order valence-electron chi connectivity index (χ3n) is 5.99. The fourth-order valence-corrected chi connectivity index (χ4v) is 4.29. The van der Waals surface area contributed by atoms with Gasteiger partial charge in [0.25, 0.3) is 5.91 Å². The molecule has 3 aromatic carbocycles. The average Bonchev–Trinajstić information content (AvgIpc) is 2.85. The molecular formula is C27H28N2O3. The predicted molar refractivity (Wildman–Crippen MR) is 125 cm³/mol. The summed E-state index contributed by atoms with van der Waals surface area (Å²) in [5.41, 5.74) is 2.52. The summed E-state index contributed by atoms with van der Waals surface area (Å²) in [5, 5.41) is 3.24. The summed E-state index contributed by atoms with van der Waals surface area (Å²) in [4.78, 5) is 28.1. The Morgan fingerprint density at radius 3 is 1.94 bits per heavy atom. The molecule has 0 radical (unpaired) electrons. The second-order valence-electron chi connectivity index (χ2n) is 8.03. The van der Waals surface area contributed by atoms with Crippen LogP contribution < -0.4 is 10.1 Å². The Kier molecular flexibility index (Phi) is 6.85. The van der Waals surface area contributed by atoms with Crippen LogP contribution in [0.3, 0.4) is 0 Å². The minimum atomic E-state index is -0.356. The number of para-hydroxylation sites is 1. The summed E-state index contributed by atoms with van der Waals surface area (Å²) < 4.78 is 5.34. The SMILES string of the molecule is COc1ccccc1C(=O)N1CCC(NC(=O)C(c2ccccc2)c2ccccc2)CC1. The molecule has 0 spiro atoms. The van der Waals surface area contributed by atoms with Crippen LogP contribution in [0.25, 0.3) is 0 Å². The molecule has 164 valence electrons. The number of rotatable bonds is 6. The number of nitrogens with one attached hydrogen (secondary N) is 1. The molecule has 0 aromatic heterocycles. The Bertz CT molecular complexity index is 1010. The Hall–Kier alpha value is -3.60. The van der Waals surface area contributed by atoms with Gasteiger partial charge in [-0.25, -0.2) is 0 Å². The van der Waals surface area contributed by atoms with E-state index in [4.69, 9.17) is 4.74 Å². The number of carbonyl (C=O) groups excluding carboxylic acids is 2. The van der Waals surface area contributed by atoms with Crippen molar-refractivity contribution < 1.29 is 14.3 Å². The van der Waals surface area contributed by atoms with Crippen molar-refractivity contribution >= 4 is 11.8 Å². The molecular weight excluding hydrogens is 400 g/mol. The number of amides is 2. The van der Waals surface area contributed by atoms with Gasteiger partial charge in [-0.15, -0.1) is 0 Å². The number of piperidine rings is 1. The quantitative estimate of drug-likeness (QED) is 0.639. The van der Waals surface area contributed by atoms with Crippen LogP contribution in [0, 0.1) is 0 Å². The smallest absolute Gasteiger partial charge is 0.257 e. The highest BCUT2D eigenvalue weighted by molar-refractivity contribution is 5.97. The van der Waals surface area contributed by atoms with Gasteiger partial charge in [0.15, 0.2) is 0 Å². The van der Waals surface area contributed by atoms with Crippen molar-refractivity contribution in [1.82, 2.24) is 10.2 Å². The van der Waals surface area contributed by atoms with E-state index < -0.39 is 0 Å². The lowest BCUT2D eigenvalue weighted by atomic mass is 9.90. The zero-order chi connectivity index (χ0) is 22.3. The zero-order valence-electron chi connectivity index (χ0n) is 18.2. The first kappa shape index (κ1) is 21.6. The van der Waals surface area contributed by atoms with Gasteiger partial charge >= 0.3 is 0 Å². The number of ether oxygens (including phenoxy) is 1. The highest BCUT2D eigenvalue weighted by atomic mass is 16.5. The van der Waals surface area contributed by atoms with Crippen molar-refractivity contribution in [3.05, 3.63) is 102 Å². The van der Waals surface area contributed by atoms with Gasteiger partial charge in [-0.3, -0.25) is 9.59 Å². The van der Waals surface area contributed by atoms with Gasteiger partial charge in [-0.05, 0) is 36.1 Å². The lowest BCUT2D eigenvalue weighted by Crippen LogP contribution is -2.47. The minimum Gasteiger partial charge on any atom is -0.496 e. The molecule has 0 bridgehead atoms. The van der Waals surface area contributed by atoms with Crippen LogP contribution in [-0.2, 0) is 4.79 Å². The van der Waals surface area contributed by atoms with Crippen LogP contribution in [0.15, 0.2) is 84.9 Å². The van der Waals surface area contributed by atoms with Crippen LogP contribution in [0.4, 0.5) is 0 Å². The maximum Gasteiger partial charge on any atom is 0.257 e. The number of carbonyl (C=O) groups is 2. The van der Waals surface area contributed by atoms with Gasteiger partial charge in [0, 0.05) is 19.1 Å². The van der Waals surface area contributed by atoms with E-state index in [1.165, 1.54) is 0 Å². The van der Waals surface area contributed by atoms with Gasteiger partial charge < -0.3 is 15.0 Å². The maximum absolute atomic E-state index is 13.3. The number of nitrogens with zero attached hydrogens (tertiary/aromatic N) is 1. The standard InChI is InChI=1S/C27H28N2O3/c1-32-24-15-9-8-14-23(24)27(31)29-18-16-22(17-19-29)28-26(30)25(20-10-4-2-5-11-20)21-12-6-3-7-13-21/h2-15,22,25H,16-19H2,1H3,(H,28,30). The molecule has 1 N–H and O–H groups in total. The molecule has 1 heterocycles. The molecule has 1 aliphatic rings. The first-order valence-corrected chi connectivity index (χ1v) is 11.0. The van der Waals surface area contributed by atoms with Crippen LogP contribution in [0.2, 0.25) is 0 Å². The first-order valence-electron chi connectivity index (χ1n) is 11.0. The molecule has 0 unspecified atom stereocenters. The minimum absolute atomic E-state index is 0.00287. The van der Waals surface area contributed by atoms with Crippen LogP contribution >= 0.6 is 0 Å². The largest absolute Gasteiger partial charge is 0.496 e. The zero-order valence-corrected chi connectivity index (χ0v) is 18.2. The second kappa shape index (κ2) is 10.1. The van der Waals surface area contributed by atoms with E-state index in [0.29, 0.717) is 24.4 Å².